The Balaban J connectivity index is 2.17. The number of hydrogen-bond donors (Lipinski definition) is 1. The van der Waals surface area contributed by atoms with Gasteiger partial charge >= 0.3 is 0 Å². The summed E-state index contributed by atoms with van der Waals surface area (Å²) in [6.07, 6.45) is 2.92. The van der Waals surface area contributed by atoms with Crippen LogP contribution in [-0.4, -0.2) is 58.1 Å². The molecule has 192 valence electrons. The van der Waals surface area contributed by atoms with Crippen LogP contribution in [0.1, 0.15) is 44.2 Å². The first-order chi connectivity index (χ1) is 16.6. The number of nitrogens with one attached hydrogen (secondary N) is 1. The number of benzene rings is 2. The zero-order chi connectivity index (χ0) is 26.0. The number of aryl methyl sites for hydroxylation is 1. The molecule has 0 radical (unpaired) electrons. The second-order valence-electron chi connectivity index (χ2n) is 8.37. The fourth-order valence-corrected chi connectivity index (χ4v) is 4.88. The highest BCUT2D eigenvalue weighted by Crippen LogP contribution is 2.21. The topological polar surface area (TPSA) is 96.0 Å². The van der Waals surface area contributed by atoms with Gasteiger partial charge in [-0.05, 0) is 54.7 Å². The summed E-state index contributed by atoms with van der Waals surface area (Å²) in [5.41, 5.74) is 2.56. The maximum Gasteiger partial charge on any atom is 0.242 e. The van der Waals surface area contributed by atoms with Gasteiger partial charge < -0.3 is 15.0 Å². The molecule has 0 aliphatic carbocycles. The number of ether oxygens (including phenoxy) is 1. The molecule has 0 heterocycles. The van der Waals surface area contributed by atoms with E-state index in [0.29, 0.717) is 24.3 Å². The molecule has 1 atom stereocenters. The van der Waals surface area contributed by atoms with Gasteiger partial charge in [0.25, 0.3) is 0 Å². The molecular formula is C26H37N3O5S. The predicted octanol–water partition coefficient (Wildman–Crippen LogP) is 3.36. The van der Waals surface area contributed by atoms with Crippen LogP contribution in [0.2, 0.25) is 0 Å². The molecule has 2 amide bonds. The lowest BCUT2D eigenvalue weighted by molar-refractivity contribution is -0.141. The molecule has 9 heteroatoms. The number of nitrogens with zero attached hydrogens (tertiary/aromatic N) is 2. The van der Waals surface area contributed by atoms with Gasteiger partial charge in [-0.2, -0.15) is 0 Å². The number of sulfonamides is 1. The summed E-state index contributed by atoms with van der Waals surface area (Å²) in [7, 11) is -0.382. The predicted molar refractivity (Wildman–Crippen MR) is 139 cm³/mol. The SMILES string of the molecule is CCc1ccc(N(CCCC(=O)N(Cc2ccc(OC)cc2)C(CC)C(=O)NC)S(C)(=O)=O)cc1. The molecule has 8 nitrogen and oxygen atoms in total. The van der Waals surface area contributed by atoms with Gasteiger partial charge in [-0.25, -0.2) is 8.42 Å². The zero-order valence-corrected chi connectivity index (χ0v) is 22.1. The molecule has 0 aliphatic heterocycles. The molecule has 2 aromatic rings. The van der Waals surface area contributed by atoms with E-state index in [4.69, 9.17) is 4.74 Å². The number of hydrogen-bond acceptors (Lipinski definition) is 5. The molecule has 0 fully saturated rings. The summed E-state index contributed by atoms with van der Waals surface area (Å²) in [5.74, 6) is 0.270. The van der Waals surface area contributed by atoms with E-state index in [2.05, 4.69) is 5.32 Å². The Morgan fingerprint density at radius 3 is 2.09 bits per heavy atom. The summed E-state index contributed by atoms with van der Waals surface area (Å²) in [6, 6.07) is 14.1. The third kappa shape index (κ3) is 7.99. The van der Waals surface area contributed by atoms with Gasteiger partial charge in [-0.1, -0.05) is 38.1 Å². The Bertz CT molecular complexity index is 1070. The van der Waals surface area contributed by atoms with Crippen LogP contribution < -0.4 is 14.4 Å². The Kier molecular flexibility index (Phi) is 10.6. The van der Waals surface area contributed by atoms with Crippen molar-refractivity contribution < 1.29 is 22.7 Å². The van der Waals surface area contributed by atoms with Crippen LogP contribution in [0.15, 0.2) is 48.5 Å². The molecule has 2 aromatic carbocycles. The molecule has 0 saturated heterocycles. The van der Waals surface area contributed by atoms with Crippen molar-refractivity contribution in [3.63, 3.8) is 0 Å². The fourth-order valence-electron chi connectivity index (χ4n) is 3.92. The highest BCUT2D eigenvalue weighted by molar-refractivity contribution is 7.92. The third-order valence-corrected chi connectivity index (χ3v) is 7.12. The van der Waals surface area contributed by atoms with Crippen LogP contribution >= 0.6 is 0 Å². The van der Waals surface area contributed by atoms with Crippen LogP contribution in [0, 0.1) is 0 Å². The van der Waals surface area contributed by atoms with E-state index in [9.17, 15) is 18.0 Å². The summed E-state index contributed by atoms with van der Waals surface area (Å²) < 4.78 is 31.4. The van der Waals surface area contributed by atoms with Gasteiger partial charge in [0.2, 0.25) is 21.8 Å². The Morgan fingerprint density at radius 1 is 1.00 bits per heavy atom. The number of amides is 2. The van der Waals surface area contributed by atoms with Gasteiger partial charge in [0.05, 0.1) is 19.1 Å². The molecule has 1 unspecified atom stereocenters. The quantitative estimate of drug-likeness (QED) is 0.452. The maximum atomic E-state index is 13.3. The van der Waals surface area contributed by atoms with Crippen LogP contribution in [0.5, 0.6) is 5.75 Å². The molecule has 0 saturated carbocycles. The third-order valence-electron chi connectivity index (χ3n) is 5.93. The van der Waals surface area contributed by atoms with Gasteiger partial charge in [-0.3, -0.25) is 13.9 Å². The minimum atomic E-state index is -3.52. The molecule has 2 rings (SSSR count). The van der Waals surface area contributed by atoms with Gasteiger partial charge in [0, 0.05) is 26.6 Å². The van der Waals surface area contributed by atoms with Crippen LogP contribution in [-0.2, 0) is 32.6 Å². The Hall–Kier alpha value is -3.07. The Labute approximate surface area is 209 Å². The van der Waals surface area contributed by atoms with E-state index in [1.807, 2.05) is 50.2 Å². The molecule has 0 bridgehead atoms. The Morgan fingerprint density at radius 2 is 1.60 bits per heavy atom. The van der Waals surface area contributed by atoms with Gasteiger partial charge in [0.1, 0.15) is 11.8 Å². The summed E-state index contributed by atoms with van der Waals surface area (Å²) in [5, 5.41) is 2.64. The average Bonchev–Trinajstić information content (AvgIpc) is 2.85. The van der Waals surface area contributed by atoms with Crippen molar-refractivity contribution >= 4 is 27.5 Å². The van der Waals surface area contributed by atoms with Crippen molar-refractivity contribution in [3.8, 4) is 5.75 Å². The van der Waals surface area contributed by atoms with E-state index in [0.717, 1.165) is 23.8 Å². The smallest absolute Gasteiger partial charge is 0.242 e. The second-order valence-corrected chi connectivity index (χ2v) is 10.3. The summed E-state index contributed by atoms with van der Waals surface area (Å²) in [4.78, 5) is 27.4. The standard InChI is InChI=1S/C26H37N3O5S/c1-6-20-10-14-22(15-11-20)29(35(5,32)33)18-8-9-25(30)28(24(7-2)26(31)27-3)19-21-12-16-23(34-4)17-13-21/h10-17,24H,6-9,18-19H2,1-5H3,(H,27,31). The normalized spacial score (nSPS) is 12.0. The first-order valence-electron chi connectivity index (χ1n) is 11.8. The lowest BCUT2D eigenvalue weighted by Gasteiger charge is -2.31. The second kappa shape index (κ2) is 13.1. The first-order valence-corrected chi connectivity index (χ1v) is 13.7. The van der Waals surface area contributed by atoms with Crippen molar-refractivity contribution in [3.05, 3.63) is 59.7 Å². The average molecular weight is 504 g/mol. The number of methoxy groups -OCH3 is 1. The van der Waals surface area contributed by atoms with E-state index in [-0.39, 0.29) is 31.3 Å². The van der Waals surface area contributed by atoms with Crippen molar-refractivity contribution in [2.45, 2.75) is 52.1 Å². The minimum absolute atomic E-state index is 0.114. The number of carbonyl (C=O) groups is 2. The molecule has 0 aliphatic rings. The lowest BCUT2D eigenvalue weighted by Crippen LogP contribution is -2.48. The highest BCUT2D eigenvalue weighted by Gasteiger charge is 2.28. The van der Waals surface area contributed by atoms with Crippen molar-refractivity contribution in [1.82, 2.24) is 10.2 Å². The molecule has 35 heavy (non-hydrogen) atoms. The summed E-state index contributed by atoms with van der Waals surface area (Å²) >= 11 is 0. The monoisotopic (exact) mass is 503 g/mol. The molecular weight excluding hydrogens is 466 g/mol. The molecule has 0 aromatic heterocycles. The lowest BCUT2D eigenvalue weighted by atomic mass is 10.1. The molecule has 1 N–H and O–H groups in total. The van der Waals surface area contributed by atoms with Crippen molar-refractivity contribution in [2.75, 3.05) is 31.3 Å². The number of anilines is 1. The van der Waals surface area contributed by atoms with Crippen molar-refractivity contribution in [2.24, 2.45) is 0 Å². The number of rotatable bonds is 13. The maximum absolute atomic E-state index is 13.3. The van der Waals surface area contributed by atoms with Crippen molar-refractivity contribution in [1.29, 1.82) is 0 Å². The van der Waals surface area contributed by atoms with Gasteiger partial charge in [0.15, 0.2) is 0 Å². The fraction of sp³-hybridized carbons (Fsp3) is 0.462. The van der Waals surface area contributed by atoms with E-state index >= 15 is 0 Å². The largest absolute Gasteiger partial charge is 0.497 e. The van der Waals surface area contributed by atoms with Crippen LogP contribution in [0.4, 0.5) is 5.69 Å². The van der Waals surface area contributed by atoms with E-state index in [1.165, 1.54) is 4.31 Å². The number of carbonyl (C=O) groups excluding carboxylic acids is 2. The first kappa shape index (κ1) is 28.2. The van der Waals surface area contributed by atoms with E-state index < -0.39 is 16.1 Å². The summed E-state index contributed by atoms with van der Waals surface area (Å²) in [6.45, 7) is 4.33. The molecule has 0 spiro atoms. The zero-order valence-electron chi connectivity index (χ0n) is 21.3. The van der Waals surface area contributed by atoms with Crippen LogP contribution in [0.25, 0.3) is 0 Å². The van der Waals surface area contributed by atoms with Gasteiger partial charge in [-0.15, -0.1) is 0 Å². The minimum Gasteiger partial charge on any atom is -0.497 e. The van der Waals surface area contributed by atoms with E-state index in [1.54, 1.807) is 31.2 Å². The number of likely N-dealkylation sites (N-methyl/N-ethyl adjacent to an activating group) is 1. The highest BCUT2D eigenvalue weighted by atomic mass is 32.2. The van der Waals surface area contributed by atoms with Crippen LogP contribution in [0.3, 0.4) is 0 Å².